The van der Waals surface area contributed by atoms with Crippen LogP contribution in [0, 0.1) is 0 Å². The monoisotopic (exact) mass is 182 g/mol. The number of halogens is 2. The first-order valence-electron chi connectivity index (χ1n) is 3.45. The van der Waals surface area contributed by atoms with Crippen LogP contribution in [0.15, 0.2) is 0 Å². The second-order valence-electron chi connectivity index (χ2n) is 2.26. The summed E-state index contributed by atoms with van der Waals surface area (Å²) < 4.78 is 27.4. The second kappa shape index (κ2) is 5.84. The third-order valence-electron chi connectivity index (χ3n) is 1.18. The van der Waals surface area contributed by atoms with Crippen LogP contribution in [-0.4, -0.2) is 31.6 Å². The van der Waals surface area contributed by atoms with Crippen molar-refractivity contribution in [1.29, 1.82) is 0 Å². The van der Waals surface area contributed by atoms with E-state index < -0.39 is 25.0 Å². The molecule has 0 spiro atoms. The number of amides is 1. The summed E-state index contributed by atoms with van der Waals surface area (Å²) in [5.74, 6) is -0.657. The lowest BCUT2D eigenvalue weighted by molar-refractivity contribution is -0.119. The van der Waals surface area contributed by atoms with E-state index in [-0.39, 0.29) is 13.0 Å². The first-order chi connectivity index (χ1) is 5.54. The minimum absolute atomic E-state index is 0.0223. The SMILES string of the molecule is NC(=O)C(N)CCOCC(F)F. The summed E-state index contributed by atoms with van der Waals surface area (Å²) in [6.45, 7) is -0.611. The highest BCUT2D eigenvalue weighted by Gasteiger charge is 2.09. The van der Waals surface area contributed by atoms with Gasteiger partial charge in [0.15, 0.2) is 0 Å². The Labute approximate surface area is 68.8 Å². The van der Waals surface area contributed by atoms with E-state index in [0.29, 0.717) is 0 Å². The number of nitrogens with two attached hydrogens (primary N) is 2. The molecule has 0 aliphatic carbocycles. The van der Waals surface area contributed by atoms with Gasteiger partial charge >= 0.3 is 0 Å². The molecule has 0 heterocycles. The van der Waals surface area contributed by atoms with Crippen LogP contribution in [0.4, 0.5) is 8.78 Å². The van der Waals surface area contributed by atoms with Crippen molar-refractivity contribution >= 4 is 5.91 Å². The van der Waals surface area contributed by atoms with Gasteiger partial charge < -0.3 is 16.2 Å². The molecule has 1 atom stereocenters. The van der Waals surface area contributed by atoms with Crippen LogP contribution in [0.5, 0.6) is 0 Å². The normalized spacial score (nSPS) is 13.3. The molecule has 6 heteroatoms. The zero-order chi connectivity index (χ0) is 9.56. The van der Waals surface area contributed by atoms with Crippen molar-refractivity contribution in [1.82, 2.24) is 0 Å². The van der Waals surface area contributed by atoms with E-state index in [2.05, 4.69) is 4.74 Å². The number of hydrogen-bond acceptors (Lipinski definition) is 3. The predicted molar refractivity (Wildman–Crippen MR) is 38.6 cm³/mol. The molecule has 0 fully saturated rings. The minimum Gasteiger partial charge on any atom is -0.375 e. The van der Waals surface area contributed by atoms with Crippen LogP contribution in [0.3, 0.4) is 0 Å². The van der Waals surface area contributed by atoms with Gasteiger partial charge in [0, 0.05) is 6.61 Å². The molecule has 0 aliphatic heterocycles. The molecule has 12 heavy (non-hydrogen) atoms. The molecule has 0 radical (unpaired) electrons. The number of alkyl halides is 2. The highest BCUT2D eigenvalue weighted by atomic mass is 19.3. The van der Waals surface area contributed by atoms with Gasteiger partial charge in [-0.25, -0.2) is 8.78 Å². The molecule has 4 N–H and O–H groups in total. The fraction of sp³-hybridized carbons (Fsp3) is 0.833. The van der Waals surface area contributed by atoms with Crippen LogP contribution in [-0.2, 0) is 9.53 Å². The molecule has 0 saturated heterocycles. The molecule has 72 valence electrons. The number of carbonyl (C=O) groups excluding carboxylic acids is 1. The Balaban J connectivity index is 3.25. The van der Waals surface area contributed by atoms with Crippen LogP contribution >= 0.6 is 0 Å². The smallest absolute Gasteiger partial charge is 0.261 e. The lowest BCUT2D eigenvalue weighted by Crippen LogP contribution is -2.37. The number of carbonyl (C=O) groups is 1. The third kappa shape index (κ3) is 5.99. The van der Waals surface area contributed by atoms with E-state index in [1.807, 2.05) is 0 Å². The van der Waals surface area contributed by atoms with E-state index in [1.165, 1.54) is 0 Å². The number of hydrogen-bond donors (Lipinski definition) is 2. The van der Waals surface area contributed by atoms with Crippen molar-refractivity contribution in [2.24, 2.45) is 11.5 Å². The van der Waals surface area contributed by atoms with Gasteiger partial charge in [-0.05, 0) is 6.42 Å². The standard InChI is InChI=1S/C6H12F2N2O2/c7-5(8)3-12-2-1-4(9)6(10)11/h4-5H,1-3,9H2,(H2,10,11). The third-order valence-corrected chi connectivity index (χ3v) is 1.18. The first kappa shape index (κ1) is 11.2. The van der Waals surface area contributed by atoms with Crippen molar-refractivity contribution in [3.05, 3.63) is 0 Å². The summed E-state index contributed by atoms with van der Waals surface area (Å²) in [5.41, 5.74) is 10.0. The summed E-state index contributed by atoms with van der Waals surface area (Å²) in [7, 11) is 0. The minimum atomic E-state index is -2.49. The maximum atomic E-state index is 11.5. The molecule has 0 aromatic heterocycles. The highest BCUT2D eigenvalue weighted by molar-refractivity contribution is 5.79. The Hall–Kier alpha value is -0.750. The Morgan fingerprint density at radius 3 is 2.50 bits per heavy atom. The van der Waals surface area contributed by atoms with Crippen molar-refractivity contribution in [3.63, 3.8) is 0 Å². The van der Waals surface area contributed by atoms with E-state index in [0.717, 1.165) is 0 Å². The van der Waals surface area contributed by atoms with Crippen LogP contribution in [0.1, 0.15) is 6.42 Å². The van der Waals surface area contributed by atoms with Crippen LogP contribution in [0.25, 0.3) is 0 Å². The Morgan fingerprint density at radius 1 is 1.50 bits per heavy atom. The first-order valence-corrected chi connectivity index (χ1v) is 3.45. The molecule has 0 rings (SSSR count). The molecule has 0 aromatic carbocycles. The molecule has 0 aromatic rings. The maximum Gasteiger partial charge on any atom is 0.261 e. The second-order valence-corrected chi connectivity index (χ2v) is 2.26. The zero-order valence-corrected chi connectivity index (χ0v) is 6.50. The quantitative estimate of drug-likeness (QED) is 0.542. The average molecular weight is 182 g/mol. The van der Waals surface area contributed by atoms with Gasteiger partial charge in [0.05, 0.1) is 6.04 Å². The van der Waals surface area contributed by atoms with E-state index in [1.54, 1.807) is 0 Å². The largest absolute Gasteiger partial charge is 0.375 e. The molecule has 1 amide bonds. The topological polar surface area (TPSA) is 78.3 Å². The molecule has 0 bridgehead atoms. The van der Waals surface area contributed by atoms with Crippen molar-refractivity contribution in [2.45, 2.75) is 18.9 Å². The van der Waals surface area contributed by atoms with Crippen molar-refractivity contribution in [3.8, 4) is 0 Å². The van der Waals surface area contributed by atoms with Gasteiger partial charge in [0.1, 0.15) is 6.61 Å². The van der Waals surface area contributed by atoms with Gasteiger partial charge in [-0.15, -0.1) is 0 Å². The van der Waals surface area contributed by atoms with Crippen molar-refractivity contribution < 1.29 is 18.3 Å². The summed E-state index contributed by atoms with van der Waals surface area (Å²) in [4.78, 5) is 10.3. The molecule has 0 aliphatic rings. The van der Waals surface area contributed by atoms with E-state index in [4.69, 9.17) is 11.5 Å². The summed E-state index contributed by atoms with van der Waals surface area (Å²) >= 11 is 0. The number of primary amides is 1. The van der Waals surface area contributed by atoms with Gasteiger partial charge in [0.25, 0.3) is 6.43 Å². The molecule has 0 saturated carbocycles. The van der Waals surface area contributed by atoms with Crippen LogP contribution in [0.2, 0.25) is 0 Å². The lowest BCUT2D eigenvalue weighted by Gasteiger charge is -2.07. The fourth-order valence-corrected chi connectivity index (χ4v) is 0.525. The zero-order valence-electron chi connectivity index (χ0n) is 6.50. The van der Waals surface area contributed by atoms with Gasteiger partial charge in [-0.3, -0.25) is 4.79 Å². The Bertz CT molecular complexity index is 144. The fourth-order valence-electron chi connectivity index (χ4n) is 0.525. The number of rotatable bonds is 6. The summed E-state index contributed by atoms with van der Waals surface area (Å²) in [6, 6.07) is -0.817. The summed E-state index contributed by atoms with van der Waals surface area (Å²) in [6.07, 6.45) is -2.32. The average Bonchev–Trinajstić information content (AvgIpc) is 1.97. The Morgan fingerprint density at radius 2 is 2.08 bits per heavy atom. The lowest BCUT2D eigenvalue weighted by atomic mass is 10.2. The number of ether oxygens (including phenoxy) is 1. The summed E-state index contributed by atoms with van der Waals surface area (Å²) in [5, 5.41) is 0. The molecule has 4 nitrogen and oxygen atoms in total. The van der Waals surface area contributed by atoms with E-state index in [9.17, 15) is 13.6 Å². The molecular weight excluding hydrogens is 170 g/mol. The predicted octanol–water partition coefficient (Wildman–Crippen LogP) is -0.529. The maximum absolute atomic E-state index is 11.5. The van der Waals surface area contributed by atoms with Gasteiger partial charge in [-0.2, -0.15) is 0 Å². The highest BCUT2D eigenvalue weighted by Crippen LogP contribution is 1.94. The van der Waals surface area contributed by atoms with Crippen LogP contribution < -0.4 is 11.5 Å². The van der Waals surface area contributed by atoms with Crippen molar-refractivity contribution in [2.75, 3.05) is 13.2 Å². The Kier molecular flexibility index (Phi) is 5.48. The molecule has 1 unspecified atom stereocenters. The molecular formula is C6H12F2N2O2. The van der Waals surface area contributed by atoms with Gasteiger partial charge in [0.2, 0.25) is 5.91 Å². The van der Waals surface area contributed by atoms with E-state index >= 15 is 0 Å². The van der Waals surface area contributed by atoms with Gasteiger partial charge in [-0.1, -0.05) is 0 Å².